The highest BCUT2D eigenvalue weighted by atomic mass is 35.5. The number of benzene rings is 1. The summed E-state index contributed by atoms with van der Waals surface area (Å²) in [5.74, 6) is 0. The van der Waals surface area contributed by atoms with E-state index in [0.717, 1.165) is 30.0 Å². The Morgan fingerprint density at radius 1 is 1.00 bits per heavy atom. The first-order chi connectivity index (χ1) is 6.65. The molecule has 0 aliphatic heterocycles. The lowest BCUT2D eigenvalue weighted by Crippen LogP contribution is -2.03. The van der Waals surface area contributed by atoms with E-state index < -0.39 is 0 Å². The normalized spacial score (nSPS) is 10.6. The number of nitrogens with two attached hydrogens (primary N) is 1. The molecule has 0 saturated carbocycles. The van der Waals surface area contributed by atoms with Gasteiger partial charge in [-0.1, -0.05) is 32.4 Å². The highest BCUT2D eigenvalue weighted by Gasteiger charge is 2.11. The third kappa shape index (κ3) is 1.88. The van der Waals surface area contributed by atoms with E-state index in [-0.39, 0.29) is 0 Å². The van der Waals surface area contributed by atoms with E-state index in [4.69, 9.17) is 17.3 Å². The molecule has 1 aromatic rings. The van der Waals surface area contributed by atoms with Crippen LogP contribution in [0.15, 0.2) is 6.07 Å². The van der Waals surface area contributed by atoms with E-state index in [9.17, 15) is 0 Å². The van der Waals surface area contributed by atoms with Crippen molar-refractivity contribution in [2.75, 3.05) is 5.73 Å². The Balaban J connectivity index is 3.43. The Kier molecular flexibility index (Phi) is 3.82. The maximum Gasteiger partial charge on any atom is 0.0461 e. The average Bonchev–Trinajstić information content (AvgIpc) is 2.16. The molecule has 2 heteroatoms. The highest BCUT2D eigenvalue weighted by Crippen LogP contribution is 2.30. The zero-order chi connectivity index (χ0) is 10.7. The molecule has 1 aromatic carbocycles. The topological polar surface area (TPSA) is 26.0 Å². The Bertz CT molecular complexity index is 303. The van der Waals surface area contributed by atoms with Crippen molar-refractivity contribution in [2.24, 2.45) is 0 Å². The van der Waals surface area contributed by atoms with E-state index >= 15 is 0 Å². The Labute approximate surface area is 91.3 Å². The predicted molar refractivity (Wildman–Crippen MR) is 64.0 cm³/mol. The molecule has 1 nitrogen and oxygen atoms in total. The van der Waals surface area contributed by atoms with Crippen LogP contribution >= 0.6 is 11.6 Å². The van der Waals surface area contributed by atoms with Crippen molar-refractivity contribution in [1.82, 2.24) is 0 Å². The summed E-state index contributed by atoms with van der Waals surface area (Å²) in [5, 5.41) is 0.819. The van der Waals surface area contributed by atoms with Crippen LogP contribution in [0.2, 0.25) is 5.02 Å². The number of nitrogen functional groups attached to an aromatic ring is 1. The first-order valence-corrected chi connectivity index (χ1v) is 5.61. The molecule has 0 radical (unpaired) electrons. The Morgan fingerprint density at radius 3 is 1.93 bits per heavy atom. The van der Waals surface area contributed by atoms with Crippen molar-refractivity contribution in [3.05, 3.63) is 27.8 Å². The summed E-state index contributed by atoms with van der Waals surface area (Å²) in [6.07, 6.45) is 2.98. The monoisotopic (exact) mass is 211 g/mol. The molecule has 0 aliphatic carbocycles. The average molecular weight is 212 g/mol. The molecular weight excluding hydrogens is 194 g/mol. The van der Waals surface area contributed by atoms with Crippen LogP contribution in [0.25, 0.3) is 0 Å². The Hall–Kier alpha value is -0.690. The highest BCUT2D eigenvalue weighted by molar-refractivity contribution is 6.31. The van der Waals surface area contributed by atoms with Crippen LogP contribution in [-0.4, -0.2) is 0 Å². The van der Waals surface area contributed by atoms with Gasteiger partial charge in [-0.25, -0.2) is 0 Å². The fraction of sp³-hybridized carbons (Fsp3) is 0.500. The second-order valence-corrected chi connectivity index (χ2v) is 3.85. The van der Waals surface area contributed by atoms with Gasteiger partial charge >= 0.3 is 0 Å². The number of halogens is 1. The minimum atomic E-state index is 0.819. The van der Waals surface area contributed by atoms with E-state index in [1.165, 1.54) is 16.7 Å². The molecule has 14 heavy (non-hydrogen) atoms. The fourth-order valence-corrected chi connectivity index (χ4v) is 2.40. The summed E-state index contributed by atoms with van der Waals surface area (Å²) in [7, 11) is 0. The van der Waals surface area contributed by atoms with Crippen molar-refractivity contribution >= 4 is 17.3 Å². The predicted octanol–water partition coefficient (Wildman–Crippen LogP) is 3.61. The lowest BCUT2D eigenvalue weighted by Gasteiger charge is -2.15. The largest absolute Gasteiger partial charge is 0.398 e. The van der Waals surface area contributed by atoms with Crippen LogP contribution in [0.1, 0.15) is 37.5 Å². The van der Waals surface area contributed by atoms with Crippen LogP contribution in [0, 0.1) is 0 Å². The maximum absolute atomic E-state index is 6.16. The minimum absolute atomic E-state index is 0.819. The van der Waals surface area contributed by atoms with Gasteiger partial charge in [0.15, 0.2) is 0 Å². The van der Waals surface area contributed by atoms with Crippen molar-refractivity contribution in [2.45, 2.75) is 40.0 Å². The number of hydrogen-bond donors (Lipinski definition) is 1. The molecule has 0 spiro atoms. The molecule has 1 rings (SSSR count). The van der Waals surface area contributed by atoms with Gasteiger partial charge in [0.05, 0.1) is 0 Å². The number of anilines is 1. The third-order valence-corrected chi connectivity index (χ3v) is 3.05. The van der Waals surface area contributed by atoms with Crippen molar-refractivity contribution in [1.29, 1.82) is 0 Å². The molecule has 0 fully saturated rings. The molecule has 0 bridgehead atoms. The summed E-state index contributed by atoms with van der Waals surface area (Å²) in [6.45, 7) is 6.43. The van der Waals surface area contributed by atoms with Gasteiger partial charge in [0.1, 0.15) is 0 Å². The second-order valence-electron chi connectivity index (χ2n) is 3.44. The van der Waals surface area contributed by atoms with Gasteiger partial charge in [-0.2, -0.15) is 0 Å². The van der Waals surface area contributed by atoms with E-state index in [0.29, 0.717) is 0 Å². The maximum atomic E-state index is 6.16. The molecule has 0 saturated heterocycles. The molecule has 0 amide bonds. The van der Waals surface area contributed by atoms with Gasteiger partial charge in [0.2, 0.25) is 0 Å². The summed E-state index contributed by atoms with van der Waals surface area (Å²) in [5.41, 5.74) is 10.7. The van der Waals surface area contributed by atoms with Gasteiger partial charge in [0.25, 0.3) is 0 Å². The lowest BCUT2D eigenvalue weighted by atomic mass is 9.94. The van der Waals surface area contributed by atoms with Gasteiger partial charge in [-0.3, -0.25) is 0 Å². The quantitative estimate of drug-likeness (QED) is 0.760. The van der Waals surface area contributed by atoms with Gasteiger partial charge < -0.3 is 5.73 Å². The van der Waals surface area contributed by atoms with E-state index in [1.54, 1.807) is 0 Å². The molecule has 0 aromatic heterocycles. The summed E-state index contributed by atoms with van der Waals surface area (Å²) >= 11 is 6.16. The smallest absolute Gasteiger partial charge is 0.0461 e. The Morgan fingerprint density at radius 2 is 1.50 bits per heavy atom. The van der Waals surface area contributed by atoms with Crippen LogP contribution < -0.4 is 5.73 Å². The van der Waals surface area contributed by atoms with Crippen LogP contribution in [0.3, 0.4) is 0 Å². The van der Waals surface area contributed by atoms with Crippen LogP contribution in [0.4, 0.5) is 5.69 Å². The zero-order valence-corrected chi connectivity index (χ0v) is 9.91. The molecular formula is C12H18ClN. The first-order valence-electron chi connectivity index (χ1n) is 5.24. The second kappa shape index (κ2) is 4.70. The number of hydrogen-bond acceptors (Lipinski definition) is 1. The van der Waals surface area contributed by atoms with Crippen LogP contribution in [0.5, 0.6) is 0 Å². The molecule has 0 unspecified atom stereocenters. The van der Waals surface area contributed by atoms with Crippen molar-refractivity contribution in [3.8, 4) is 0 Å². The third-order valence-electron chi connectivity index (χ3n) is 2.71. The first kappa shape index (κ1) is 11.4. The molecule has 2 N–H and O–H groups in total. The van der Waals surface area contributed by atoms with E-state index in [2.05, 4.69) is 20.8 Å². The van der Waals surface area contributed by atoms with Gasteiger partial charge in [-0.15, -0.1) is 0 Å². The molecule has 0 atom stereocenters. The minimum Gasteiger partial charge on any atom is -0.398 e. The number of rotatable bonds is 3. The molecule has 78 valence electrons. The fourth-order valence-electron chi connectivity index (χ4n) is 2.04. The van der Waals surface area contributed by atoms with Crippen molar-refractivity contribution in [3.63, 3.8) is 0 Å². The zero-order valence-electron chi connectivity index (χ0n) is 9.15. The lowest BCUT2D eigenvalue weighted by molar-refractivity contribution is 0.984. The van der Waals surface area contributed by atoms with Gasteiger partial charge in [0, 0.05) is 10.7 Å². The molecule has 0 heterocycles. The van der Waals surface area contributed by atoms with Crippen molar-refractivity contribution < 1.29 is 0 Å². The standard InChI is InChI=1S/C12H18ClN/c1-4-8-9(5-2)11(13)7-12(14)10(8)6-3/h7H,4-6,14H2,1-3H3. The summed E-state index contributed by atoms with van der Waals surface area (Å²) in [4.78, 5) is 0. The summed E-state index contributed by atoms with van der Waals surface area (Å²) < 4.78 is 0. The summed E-state index contributed by atoms with van der Waals surface area (Å²) in [6, 6.07) is 1.89. The SMILES string of the molecule is CCc1c(N)cc(Cl)c(CC)c1CC. The van der Waals surface area contributed by atoms with E-state index in [1.807, 2.05) is 6.07 Å². The van der Waals surface area contributed by atoms with Gasteiger partial charge in [-0.05, 0) is 42.0 Å². The van der Waals surface area contributed by atoms with Crippen LogP contribution in [-0.2, 0) is 19.3 Å². The molecule has 0 aliphatic rings.